The van der Waals surface area contributed by atoms with Gasteiger partial charge in [-0.1, -0.05) is 11.6 Å². The first-order valence-electron chi connectivity index (χ1n) is 6.08. The Kier molecular flexibility index (Phi) is 3.68. The van der Waals surface area contributed by atoms with Crippen LogP contribution in [-0.2, 0) is 4.74 Å². The van der Waals surface area contributed by atoms with Gasteiger partial charge in [0.05, 0.1) is 37.3 Å². The molecule has 19 heavy (non-hydrogen) atoms. The largest absolute Gasteiger partial charge is 0.378 e. The predicted octanol–water partition coefficient (Wildman–Crippen LogP) is 1.85. The van der Waals surface area contributed by atoms with E-state index in [0.717, 1.165) is 30.0 Å². The van der Waals surface area contributed by atoms with Crippen LogP contribution < -0.4 is 5.32 Å². The van der Waals surface area contributed by atoms with E-state index in [0.29, 0.717) is 11.8 Å². The van der Waals surface area contributed by atoms with Crippen molar-refractivity contribution in [1.29, 1.82) is 0 Å². The molecule has 98 valence electrons. The Bertz CT molecular complexity index is 558. The zero-order valence-corrected chi connectivity index (χ0v) is 11.0. The summed E-state index contributed by atoms with van der Waals surface area (Å²) in [4.78, 5) is 4.33. The third kappa shape index (κ3) is 2.89. The molecular formula is C13H13ClN4O. The van der Waals surface area contributed by atoms with Gasteiger partial charge >= 0.3 is 0 Å². The van der Waals surface area contributed by atoms with Gasteiger partial charge in [0.25, 0.3) is 0 Å². The molecule has 2 aromatic rings. The van der Waals surface area contributed by atoms with E-state index in [2.05, 4.69) is 20.5 Å². The topological polar surface area (TPSA) is 59.9 Å². The van der Waals surface area contributed by atoms with Gasteiger partial charge in [0.2, 0.25) is 0 Å². The molecule has 3 rings (SSSR count). The first-order valence-corrected chi connectivity index (χ1v) is 6.46. The first-order chi connectivity index (χ1) is 9.33. The molecular weight excluding hydrogens is 264 g/mol. The van der Waals surface area contributed by atoms with Crippen molar-refractivity contribution in [2.45, 2.75) is 6.04 Å². The van der Waals surface area contributed by atoms with Crippen molar-refractivity contribution in [3.63, 3.8) is 0 Å². The molecule has 0 radical (unpaired) electrons. The highest BCUT2D eigenvalue weighted by atomic mass is 35.5. The highest BCUT2D eigenvalue weighted by molar-refractivity contribution is 6.29. The number of hydrogen-bond acceptors (Lipinski definition) is 5. The number of aromatic nitrogens is 3. The molecule has 3 heterocycles. The summed E-state index contributed by atoms with van der Waals surface area (Å²) in [5, 5.41) is 11.5. The SMILES string of the molecule is Clc1cc(C2COCCN2)cc(-c2ccnnc2)n1. The zero-order chi connectivity index (χ0) is 13.1. The Labute approximate surface area is 116 Å². The molecule has 0 spiro atoms. The van der Waals surface area contributed by atoms with Gasteiger partial charge in [-0.3, -0.25) is 0 Å². The third-order valence-corrected chi connectivity index (χ3v) is 3.21. The molecule has 1 atom stereocenters. The fourth-order valence-electron chi connectivity index (χ4n) is 2.09. The average molecular weight is 277 g/mol. The van der Waals surface area contributed by atoms with E-state index in [1.54, 1.807) is 12.4 Å². The van der Waals surface area contributed by atoms with Gasteiger partial charge < -0.3 is 10.1 Å². The molecule has 0 amide bonds. The molecule has 1 fully saturated rings. The van der Waals surface area contributed by atoms with E-state index < -0.39 is 0 Å². The van der Waals surface area contributed by atoms with Gasteiger partial charge in [-0.25, -0.2) is 4.98 Å². The van der Waals surface area contributed by atoms with Crippen molar-refractivity contribution in [2.75, 3.05) is 19.8 Å². The second-order valence-electron chi connectivity index (χ2n) is 4.32. The summed E-state index contributed by atoms with van der Waals surface area (Å²) in [6.45, 7) is 2.24. The molecule has 1 unspecified atom stereocenters. The quantitative estimate of drug-likeness (QED) is 0.849. The predicted molar refractivity (Wildman–Crippen MR) is 71.8 cm³/mol. The van der Waals surface area contributed by atoms with E-state index in [4.69, 9.17) is 16.3 Å². The molecule has 0 bridgehead atoms. The van der Waals surface area contributed by atoms with Crippen LogP contribution in [0, 0.1) is 0 Å². The van der Waals surface area contributed by atoms with Gasteiger partial charge in [-0.15, -0.1) is 0 Å². The Morgan fingerprint density at radius 2 is 2.26 bits per heavy atom. The highest BCUT2D eigenvalue weighted by Crippen LogP contribution is 2.24. The normalized spacial score (nSPS) is 19.3. The Morgan fingerprint density at radius 1 is 1.32 bits per heavy atom. The molecule has 1 saturated heterocycles. The lowest BCUT2D eigenvalue weighted by atomic mass is 10.1. The lowest BCUT2D eigenvalue weighted by molar-refractivity contribution is 0.0769. The van der Waals surface area contributed by atoms with Crippen LogP contribution >= 0.6 is 11.6 Å². The summed E-state index contributed by atoms with van der Waals surface area (Å²) in [7, 11) is 0. The molecule has 5 nitrogen and oxygen atoms in total. The lowest BCUT2D eigenvalue weighted by Gasteiger charge is -2.24. The van der Waals surface area contributed by atoms with Crippen LogP contribution in [0.2, 0.25) is 5.15 Å². The molecule has 1 aliphatic rings. The van der Waals surface area contributed by atoms with Crippen LogP contribution in [0.1, 0.15) is 11.6 Å². The molecule has 1 N–H and O–H groups in total. The van der Waals surface area contributed by atoms with Crippen molar-refractivity contribution >= 4 is 11.6 Å². The minimum absolute atomic E-state index is 0.155. The van der Waals surface area contributed by atoms with Crippen molar-refractivity contribution in [2.24, 2.45) is 0 Å². The van der Waals surface area contributed by atoms with Crippen molar-refractivity contribution in [3.05, 3.63) is 41.3 Å². The number of nitrogens with one attached hydrogen (secondary N) is 1. The molecule has 0 aliphatic carbocycles. The standard InChI is InChI=1S/C13H13ClN4O/c14-13-6-10(12-8-19-4-3-15-12)5-11(18-13)9-1-2-16-17-7-9/h1-2,5-7,12,15H,3-4,8H2. The van der Waals surface area contributed by atoms with E-state index in [9.17, 15) is 0 Å². The van der Waals surface area contributed by atoms with Crippen LogP contribution in [0.5, 0.6) is 0 Å². The smallest absolute Gasteiger partial charge is 0.130 e. The summed E-state index contributed by atoms with van der Waals surface area (Å²) < 4.78 is 5.47. The number of halogens is 1. The molecule has 1 aliphatic heterocycles. The summed E-state index contributed by atoms with van der Waals surface area (Å²) in [5.41, 5.74) is 2.77. The lowest BCUT2D eigenvalue weighted by Crippen LogP contribution is -2.34. The Balaban J connectivity index is 1.96. The average Bonchev–Trinajstić information content (AvgIpc) is 2.48. The fraction of sp³-hybridized carbons (Fsp3) is 0.308. The maximum atomic E-state index is 6.10. The summed E-state index contributed by atoms with van der Waals surface area (Å²) in [6.07, 6.45) is 3.31. The van der Waals surface area contributed by atoms with Gasteiger partial charge in [0.15, 0.2) is 0 Å². The molecule has 2 aromatic heterocycles. The van der Waals surface area contributed by atoms with Crippen LogP contribution in [0.4, 0.5) is 0 Å². The third-order valence-electron chi connectivity index (χ3n) is 3.02. The first kappa shape index (κ1) is 12.5. The van der Waals surface area contributed by atoms with E-state index in [-0.39, 0.29) is 6.04 Å². The monoisotopic (exact) mass is 276 g/mol. The van der Waals surface area contributed by atoms with Crippen molar-refractivity contribution in [3.8, 4) is 11.3 Å². The van der Waals surface area contributed by atoms with Gasteiger partial charge in [-0.05, 0) is 23.8 Å². The van der Waals surface area contributed by atoms with E-state index in [1.807, 2.05) is 18.2 Å². The number of hydrogen-bond donors (Lipinski definition) is 1. The number of morpholine rings is 1. The van der Waals surface area contributed by atoms with Crippen molar-refractivity contribution < 1.29 is 4.74 Å². The van der Waals surface area contributed by atoms with Gasteiger partial charge in [-0.2, -0.15) is 10.2 Å². The minimum Gasteiger partial charge on any atom is -0.378 e. The van der Waals surface area contributed by atoms with Crippen LogP contribution in [0.15, 0.2) is 30.6 Å². The maximum absolute atomic E-state index is 6.10. The summed E-state index contributed by atoms with van der Waals surface area (Å²) in [6, 6.07) is 5.89. The van der Waals surface area contributed by atoms with Crippen LogP contribution in [-0.4, -0.2) is 34.9 Å². The maximum Gasteiger partial charge on any atom is 0.130 e. The highest BCUT2D eigenvalue weighted by Gasteiger charge is 2.17. The van der Waals surface area contributed by atoms with E-state index in [1.165, 1.54) is 0 Å². The number of pyridine rings is 1. The van der Waals surface area contributed by atoms with E-state index >= 15 is 0 Å². The van der Waals surface area contributed by atoms with Crippen molar-refractivity contribution in [1.82, 2.24) is 20.5 Å². The fourth-order valence-corrected chi connectivity index (χ4v) is 2.30. The molecule has 0 saturated carbocycles. The number of rotatable bonds is 2. The van der Waals surface area contributed by atoms with Crippen LogP contribution in [0.25, 0.3) is 11.3 Å². The number of nitrogens with zero attached hydrogens (tertiary/aromatic N) is 3. The molecule has 0 aromatic carbocycles. The van der Waals surface area contributed by atoms with Gasteiger partial charge in [0, 0.05) is 12.1 Å². The Hall–Kier alpha value is -1.56. The summed E-state index contributed by atoms with van der Waals surface area (Å²) >= 11 is 6.10. The second kappa shape index (κ2) is 5.61. The zero-order valence-electron chi connectivity index (χ0n) is 10.2. The second-order valence-corrected chi connectivity index (χ2v) is 4.71. The minimum atomic E-state index is 0.155. The number of ether oxygens (including phenoxy) is 1. The summed E-state index contributed by atoms with van der Waals surface area (Å²) in [5.74, 6) is 0. The molecule has 6 heteroatoms. The Morgan fingerprint density at radius 3 is 3.00 bits per heavy atom. The van der Waals surface area contributed by atoms with Crippen LogP contribution in [0.3, 0.4) is 0 Å². The van der Waals surface area contributed by atoms with Gasteiger partial charge in [0.1, 0.15) is 5.15 Å².